The summed E-state index contributed by atoms with van der Waals surface area (Å²) in [6, 6.07) is 16.8. The Labute approximate surface area is 143 Å². The maximum atomic E-state index is 12.3. The lowest BCUT2D eigenvalue weighted by Crippen LogP contribution is -2.12. The zero-order chi connectivity index (χ0) is 17.4. The number of anilines is 1. The Bertz CT molecular complexity index is 1130. The van der Waals surface area contributed by atoms with Crippen molar-refractivity contribution in [1.29, 1.82) is 0 Å². The van der Waals surface area contributed by atoms with Gasteiger partial charge in [-0.05, 0) is 37.3 Å². The van der Waals surface area contributed by atoms with E-state index in [0.717, 1.165) is 22.8 Å². The Morgan fingerprint density at radius 3 is 2.60 bits per heavy atom. The van der Waals surface area contributed by atoms with Gasteiger partial charge in [0.05, 0.1) is 5.56 Å². The molecule has 0 atom stereocenters. The molecule has 2 aromatic carbocycles. The van der Waals surface area contributed by atoms with E-state index in [9.17, 15) is 9.59 Å². The van der Waals surface area contributed by atoms with E-state index < -0.39 is 5.63 Å². The van der Waals surface area contributed by atoms with Crippen molar-refractivity contribution in [3.63, 3.8) is 0 Å². The molecule has 0 aliphatic rings. The van der Waals surface area contributed by atoms with E-state index in [2.05, 4.69) is 28.9 Å². The number of fused-ring (bicyclic) bond motifs is 3. The first-order valence-electron chi connectivity index (χ1n) is 8.08. The van der Waals surface area contributed by atoms with E-state index in [1.807, 2.05) is 30.3 Å². The van der Waals surface area contributed by atoms with Crippen molar-refractivity contribution >= 4 is 33.4 Å². The molecule has 0 saturated heterocycles. The number of hydrogen-bond acceptors (Lipinski definition) is 3. The van der Waals surface area contributed by atoms with Gasteiger partial charge in [0.2, 0.25) is 0 Å². The third-order valence-corrected chi connectivity index (χ3v) is 4.31. The minimum Gasteiger partial charge on any atom is -0.430 e. The van der Waals surface area contributed by atoms with Gasteiger partial charge in [-0.15, -0.1) is 0 Å². The number of para-hydroxylation sites is 1. The summed E-state index contributed by atoms with van der Waals surface area (Å²) in [6.07, 6.45) is 1.17. The Kier molecular flexibility index (Phi) is 3.61. The molecule has 0 spiro atoms. The summed E-state index contributed by atoms with van der Waals surface area (Å²) in [6.45, 7) is 2.99. The van der Waals surface area contributed by atoms with Crippen LogP contribution in [0.5, 0.6) is 0 Å². The van der Waals surface area contributed by atoms with Crippen LogP contribution >= 0.6 is 0 Å². The highest BCUT2D eigenvalue weighted by atomic mass is 16.4. The highest BCUT2D eigenvalue weighted by Crippen LogP contribution is 2.31. The van der Waals surface area contributed by atoms with Crippen LogP contribution in [0.2, 0.25) is 0 Å². The third kappa shape index (κ3) is 2.59. The van der Waals surface area contributed by atoms with E-state index >= 15 is 0 Å². The Hall–Kier alpha value is -3.34. The normalized spacial score (nSPS) is 11.1. The number of amides is 1. The lowest BCUT2D eigenvalue weighted by molar-refractivity contribution is 0.102. The van der Waals surface area contributed by atoms with Gasteiger partial charge in [-0.25, -0.2) is 4.79 Å². The zero-order valence-corrected chi connectivity index (χ0v) is 13.7. The molecule has 0 unspecified atom stereocenters. The average molecular weight is 332 g/mol. The third-order valence-electron chi connectivity index (χ3n) is 4.31. The second-order valence-electron chi connectivity index (χ2n) is 5.79. The predicted octanol–water partition coefficient (Wildman–Crippen LogP) is 4.02. The minimum atomic E-state index is -0.481. The Morgan fingerprint density at radius 1 is 1.04 bits per heavy atom. The fourth-order valence-corrected chi connectivity index (χ4v) is 3.16. The van der Waals surface area contributed by atoms with Crippen molar-refractivity contribution in [3.05, 3.63) is 76.8 Å². The van der Waals surface area contributed by atoms with E-state index in [0.29, 0.717) is 11.3 Å². The molecular formula is C20H16N2O3. The number of aromatic nitrogens is 1. The Morgan fingerprint density at radius 2 is 1.84 bits per heavy atom. The van der Waals surface area contributed by atoms with Crippen molar-refractivity contribution in [2.24, 2.45) is 0 Å². The molecule has 0 saturated carbocycles. The number of aryl methyl sites for hydroxylation is 1. The predicted molar refractivity (Wildman–Crippen MR) is 98.0 cm³/mol. The topological polar surface area (TPSA) is 64.2 Å². The van der Waals surface area contributed by atoms with E-state index in [-0.39, 0.29) is 5.91 Å². The van der Waals surface area contributed by atoms with Gasteiger partial charge in [0.15, 0.2) is 0 Å². The molecule has 4 aromatic rings. The fraction of sp³-hybridized carbons (Fsp3) is 0.100. The lowest BCUT2D eigenvalue weighted by Gasteiger charge is -2.06. The van der Waals surface area contributed by atoms with Crippen LogP contribution in [0.3, 0.4) is 0 Å². The molecule has 0 aliphatic carbocycles. The molecule has 1 amide bonds. The number of hydrogen-bond donors (Lipinski definition) is 1. The van der Waals surface area contributed by atoms with Gasteiger partial charge in [0.1, 0.15) is 6.26 Å². The number of carbonyl (C=O) groups excluding carboxylic acids is 1. The first kappa shape index (κ1) is 15.2. The smallest absolute Gasteiger partial charge is 0.335 e. The highest BCUT2D eigenvalue weighted by Gasteiger charge is 2.12. The second kappa shape index (κ2) is 5.94. The van der Waals surface area contributed by atoms with E-state index in [1.165, 1.54) is 23.9 Å². The summed E-state index contributed by atoms with van der Waals surface area (Å²) in [5, 5.41) is 5.10. The quantitative estimate of drug-likeness (QED) is 0.616. The summed E-state index contributed by atoms with van der Waals surface area (Å²) in [4.78, 5) is 23.3. The molecule has 4 rings (SSSR count). The van der Waals surface area contributed by atoms with Gasteiger partial charge in [0.25, 0.3) is 5.91 Å². The first-order valence-corrected chi connectivity index (χ1v) is 8.08. The van der Waals surface area contributed by atoms with Gasteiger partial charge >= 0.3 is 5.63 Å². The molecule has 5 heteroatoms. The molecule has 0 bridgehead atoms. The zero-order valence-electron chi connectivity index (χ0n) is 13.7. The van der Waals surface area contributed by atoms with Crippen molar-refractivity contribution in [1.82, 2.24) is 4.57 Å². The number of benzene rings is 2. The number of carbonyl (C=O) groups is 1. The largest absolute Gasteiger partial charge is 0.430 e. The molecule has 1 N–H and O–H groups in total. The molecule has 25 heavy (non-hydrogen) atoms. The molecule has 0 fully saturated rings. The van der Waals surface area contributed by atoms with Crippen LogP contribution in [0, 0.1) is 0 Å². The maximum absolute atomic E-state index is 12.3. The van der Waals surface area contributed by atoms with Crippen LogP contribution in [0.15, 0.2) is 70.1 Å². The van der Waals surface area contributed by atoms with Crippen molar-refractivity contribution in [2.75, 3.05) is 5.32 Å². The molecule has 124 valence electrons. The lowest BCUT2D eigenvalue weighted by atomic mass is 10.1. The van der Waals surface area contributed by atoms with Gasteiger partial charge in [-0.2, -0.15) is 0 Å². The van der Waals surface area contributed by atoms with Crippen LogP contribution < -0.4 is 10.9 Å². The van der Waals surface area contributed by atoms with Crippen molar-refractivity contribution in [2.45, 2.75) is 13.5 Å². The van der Waals surface area contributed by atoms with Crippen LogP contribution in [0.4, 0.5) is 5.69 Å². The maximum Gasteiger partial charge on any atom is 0.335 e. The van der Waals surface area contributed by atoms with Crippen LogP contribution in [0.25, 0.3) is 21.8 Å². The van der Waals surface area contributed by atoms with Crippen molar-refractivity contribution < 1.29 is 9.21 Å². The number of nitrogens with zero attached hydrogens (tertiary/aromatic N) is 1. The van der Waals surface area contributed by atoms with Gasteiger partial charge in [-0.3, -0.25) is 4.79 Å². The summed E-state index contributed by atoms with van der Waals surface area (Å²) in [7, 11) is 0. The molecule has 2 heterocycles. The standard InChI is InChI=1S/C20H16N2O3/c1-2-22-17-6-4-3-5-15(17)16-11-14(8-9-18(16)22)21-20(24)13-7-10-19(23)25-12-13/h3-12H,2H2,1H3,(H,21,24). The summed E-state index contributed by atoms with van der Waals surface area (Å²) in [5.74, 6) is -0.317. The number of nitrogens with one attached hydrogen (secondary N) is 1. The molecule has 2 aromatic heterocycles. The van der Waals surface area contributed by atoms with E-state index in [1.54, 1.807) is 0 Å². The van der Waals surface area contributed by atoms with Crippen LogP contribution in [-0.2, 0) is 6.54 Å². The van der Waals surface area contributed by atoms with Crippen molar-refractivity contribution in [3.8, 4) is 0 Å². The second-order valence-corrected chi connectivity index (χ2v) is 5.79. The minimum absolute atomic E-state index is 0.302. The number of rotatable bonds is 3. The molecule has 0 radical (unpaired) electrons. The summed E-state index contributed by atoms with van der Waals surface area (Å²) < 4.78 is 7.00. The highest BCUT2D eigenvalue weighted by molar-refractivity contribution is 6.11. The van der Waals surface area contributed by atoms with Gasteiger partial charge < -0.3 is 14.3 Å². The van der Waals surface area contributed by atoms with Gasteiger partial charge in [0, 0.05) is 40.1 Å². The summed E-state index contributed by atoms with van der Waals surface area (Å²) in [5.41, 5.74) is 2.82. The molecule has 0 aliphatic heterocycles. The SMILES string of the molecule is CCn1c2ccccc2c2cc(NC(=O)c3ccc(=O)oc3)ccc21. The van der Waals surface area contributed by atoms with Crippen LogP contribution in [-0.4, -0.2) is 10.5 Å². The Balaban J connectivity index is 1.76. The monoisotopic (exact) mass is 332 g/mol. The van der Waals surface area contributed by atoms with E-state index in [4.69, 9.17) is 4.42 Å². The molecular weight excluding hydrogens is 316 g/mol. The summed E-state index contributed by atoms with van der Waals surface area (Å²) >= 11 is 0. The molecule has 5 nitrogen and oxygen atoms in total. The first-order chi connectivity index (χ1) is 12.2. The van der Waals surface area contributed by atoms with Gasteiger partial charge in [-0.1, -0.05) is 18.2 Å². The van der Waals surface area contributed by atoms with Crippen LogP contribution in [0.1, 0.15) is 17.3 Å². The average Bonchev–Trinajstić information content (AvgIpc) is 2.95. The fourth-order valence-electron chi connectivity index (χ4n) is 3.16.